The summed E-state index contributed by atoms with van der Waals surface area (Å²) < 4.78 is 33.5. The molecule has 3 saturated heterocycles. The Kier molecular flexibility index (Phi) is 4.42. The Hall–Kier alpha value is 0.460. The maximum absolute atomic E-state index is 13.0. The monoisotopic (exact) mass is 471 g/mol. The summed E-state index contributed by atoms with van der Waals surface area (Å²) >= 11 is 3.80. The van der Waals surface area contributed by atoms with E-state index >= 15 is 0 Å². The number of esters is 1. The zero-order chi connectivity index (χ0) is 16.4. The molecule has 4 fully saturated rings. The minimum absolute atomic E-state index is 0.0919. The van der Waals surface area contributed by atoms with E-state index in [0.717, 1.165) is 25.7 Å². The first-order valence-corrected chi connectivity index (χ1v) is 12.1. The molecular weight excluding hydrogens is 449 g/mol. The average molecular weight is 471 g/mol. The van der Waals surface area contributed by atoms with E-state index in [4.69, 9.17) is 4.74 Å². The summed E-state index contributed by atoms with van der Waals surface area (Å²) in [5.41, 5.74) is 0. The molecule has 1 saturated carbocycles. The number of hydrogen-bond donors (Lipinski definition) is 0. The number of carbonyl (C=O) groups is 1. The van der Waals surface area contributed by atoms with Crippen molar-refractivity contribution in [3.8, 4) is 0 Å². The maximum Gasteiger partial charge on any atom is 0.318 e. The Labute approximate surface area is 155 Å². The van der Waals surface area contributed by atoms with Gasteiger partial charge in [0, 0.05) is 16.5 Å². The van der Waals surface area contributed by atoms with E-state index < -0.39 is 10.0 Å². The summed E-state index contributed by atoms with van der Waals surface area (Å²) in [5, 5.41) is -0.0110. The van der Waals surface area contributed by atoms with Gasteiger partial charge in [-0.25, -0.2) is 8.42 Å². The number of thioether (sulfide) groups is 1. The second-order valence-corrected chi connectivity index (χ2v) is 12.4. The molecule has 0 N–H and O–H groups in total. The molecule has 3 aliphatic heterocycles. The first kappa shape index (κ1) is 16.9. The van der Waals surface area contributed by atoms with Crippen molar-refractivity contribution in [3.05, 3.63) is 0 Å². The Morgan fingerprint density at radius 2 is 2.00 bits per heavy atom. The largest absolute Gasteiger partial charge is 0.459 e. The van der Waals surface area contributed by atoms with Gasteiger partial charge in [0.05, 0.1) is 11.3 Å². The smallest absolute Gasteiger partial charge is 0.318 e. The number of hydrogen-bond acceptors (Lipinski definition) is 5. The van der Waals surface area contributed by atoms with Crippen LogP contribution < -0.4 is 0 Å². The van der Waals surface area contributed by atoms with Gasteiger partial charge in [0.25, 0.3) is 0 Å². The normalized spacial score (nSPS) is 43.7. The van der Waals surface area contributed by atoms with Crippen LogP contribution >= 0.6 is 34.4 Å². The highest BCUT2D eigenvalue weighted by atomic mass is 127. The van der Waals surface area contributed by atoms with Crippen LogP contribution in [0.5, 0.6) is 0 Å². The fraction of sp³-hybridized carbons (Fsp3) is 0.933. The molecule has 6 unspecified atom stereocenters. The van der Waals surface area contributed by atoms with Crippen LogP contribution in [0.4, 0.5) is 0 Å². The predicted octanol–water partition coefficient (Wildman–Crippen LogP) is 2.32. The van der Waals surface area contributed by atoms with Crippen molar-refractivity contribution in [2.45, 2.75) is 83.3 Å². The fourth-order valence-electron chi connectivity index (χ4n) is 4.69. The van der Waals surface area contributed by atoms with E-state index in [1.165, 1.54) is 6.42 Å². The van der Waals surface area contributed by atoms with Crippen LogP contribution in [-0.2, 0) is 19.6 Å². The van der Waals surface area contributed by atoms with Crippen LogP contribution in [0.25, 0.3) is 0 Å². The van der Waals surface area contributed by atoms with Crippen LogP contribution in [0.15, 0.2) is 0 Å². The molecule has 4 aliphatic rings. The zero-order valence-electron chi connectivity index (χ0n) is 13.1. The van der Waals surface area contributed by atoms with Gasteiger partial charge in [-0.15, -0.1) is 11.8 Å². The average Bonchev–Trinajstić information content (AvgIpc) is 3.11. The molecule has 0 spiro atoms. The molecule has 3 heterocycles. The van der Waals surface area contributed by atoms with E-state index in [-0.39, 0.29) is 43.8 Å². The molecule has 23 heavy (non-hydrogen) atoms. The molecule has 6 atom stereocenters. The lowest BCUT2D eigenvalue weighted by Gasteiger charge is -2.36. The van der Waals surface area contributed by atoms with Gasteiger partial charge < -0.3 is 4.74 Å². The molecular formula is C15H22INO4S2. The topological polar surface area (TPSA) is 63.7 Å². The van der Waals surface area contributed by atoms with Crippen LogP contribution in [0, 0.1) is 0 Å². The third kappa shape index (κ3) is 2.57. The number of carbonyl (C=O) groups excluding carboxylic acids is 1. The van der Waals surface area contributed by atoms with Gasteiger partial charge in [-0.1, -0.05) is 41.9 Å². The highest BCUT2D eigenvalue weighted by Crippen LogP contribution is 2.58. The second-order valence-electron chi connectivity index (χ2n) is 7.09. The number of rotatable bonds is 3. The first-order valence-electron chi connectivity index (χ1n) is 8.43. The molecule has 8 heteroatoms. The lowest BCUT2D eigenvalue weighted by atomic mass is 9.89. The van der Waals surface area contributed by atoms with Crippen LogP contribution in [0.3, 0.4) is 0 Å². The number of sulfonamides is 1. The Morgan fingerprint density at radius 1 is 1.30 bits per heavy atom. The van der Waals surface area contributed by atoms with E-state index in [9.17, 15) is 13.2 Å². The van der Waals surface area contributed by atoms with E-state index in [0.29, 0.717) is 6.42 Å². The minimum Gasteiger partial charge on any atom is -0.459 e. The predicted molar refractivity (Wildman–Crippen MR) is 98.4 cm³/mol. The van der Waals surface area contributed by atoms with Crippen molar-refractivity contribution >= 4 is 50.3 Å². The Morgan fingerprint density at radius 3 is 2.65 bits per heavy atom. The number of halogens is 1. The summed E-state index contributed by atoms with van der Waals surface area (Å²) in [4.78, 5) is 12.1. The Bertz CT molecular complexity index is 605. The number of alkyl halides is 1. The highest BCUT2D eigenvalue weighted by Gasteiger charge is 2.69. The molecule has 130 valence electrons. The third-order valence-electron chi connectivity index (χ3n) is 5.68. The molecule has 4 rings (SSSR count). The van der Waals surface area contributed by atoms with E-state index in [1.807, 2.05) is 6.92 Å². The zero-order valence-corrected chi connectivity index (χ0v) is 16.8. The van der Waals surface area contributed by atoms with E-state index in [2.05, 4.69) is 22.6 Å². The van der Waals surface area contributed by atoms with Crippen LogP contribution in [-0.4, -0.2) is 56.6 Å². The van der Waals surface area contributed by atoms with Gasteiger partial charge in [-0.05, 0) is 26.2 Å². The second kappa shape index (κ2) is 6.02. The van der Waals surface area contributed by atoms with Crippen LogP contribution in [0.1, 0.15) is 45.4 Å². The quantitative estimate of drug-likeness (QED) is 0.359. The highest BCUT2D eigenvalue weighted by molar-refractivity contribution is 14.1. The summed E-state index contributed by atoms with van der Waals surface area (Å²) in [6.07, 6.45) is 5.69. The van der Waals surface area contributed by atoms with Gasteiger partial charge in [0.2, 0.25) is 10.0 Å². The summed E-state index contributed by atoms with van der Waals surface area (Å²) in [6, 6.07) is -0.0159. The Balaban J connectivity index is 1.64. The standard InChI is InChI=1S/C15H22INO4S2/c1-8(16)15(18)21-13-10-7-11-14(22-10)12(13)17(23(11,19)20)9-5-3-2-4-6-9/h8-14H,2-7H2,1H3. The van der Waals surface area contributed by atoms with Crippen molar-refractivity contribution in [2.24, 2.45) is 0 Å². The molecule has 0 aromatic heterocycles. The SMILES string of the molecule is CC(I)C(=O)OC1C2CC3C(S2)C1N(C1CCCCC1)S3(=O)=O. The first-order chi connectivity index (χ1) is 10.9. The molecule has 0 amide bonds. The summed E-state index contributed by atoms with van der Waals surface area (Å²) in [5.74, 6) is -0.215. The minimum atomic E-state index is -3.24. The van der Waals surface area contributed by atoms with Crippen molar-refractivity contribution < 1.29 is 17.9 Å². The fourth-order valence-corrected chi connectivity index (χ4v) is 9.96. The van der Waals surface area contributed by atoms with Gasteiger partial charge in [0.15, 0.2) is 0 Å². The molecule has 0 aromatic carbocycles. The van der Waals surface area contributed by atoms with Crippen molar-refractivity contribution in [1.29, 1.82) is 0 Å². The number of fused-ring (bicyclic) bond motifs is 1. The van der Waals surface area contributed by atoms with Crippen molar-refractivity contribution in [2.75, 3.05) is 0 Å². The van der Waals surface area contributed by atoms with Gasteiger partial charge in [-0.2, -0.15) is 4.31 Å². The van der Waals surface area contributed by atoms with E-state index in [1.54, 1.807) is 16.1 Å². The van der Waals surface area contributed by atoms with Crippen molar-refractivity contribution in [3.63, 3.8) is 0 Å². The molecule has 0 radical (unpaired) electrons. The van der Waals surface area contributed by atoms with Crippen LogP contribution in [0.2, 0.25) is 0 Å². The lowest BCUT2D eigenvalue weighted by molar-refractivity contribution is -0.150. The summed E-state index contributed by atoms with van der Waals surface area (Å²) in [7, 11) is -3.24. The van der Waals surface area contributed by atoms with Gasteiger partial charge in [-0.3, -0.25) is 4.79 Å². The molecule has 5 nitrogen and oxygen atoms in total. The lowest BCUT2D eigenvalue weighted by Crippen LogP contribution is -2.51. The maximum atomic E-state index is 13.0. The van der Waals surface area contributed by atoms with Gasteiger partial charge in [0.1, 0.15) is 10.0 Å². The molecule has 0 aromatic rings. The summed E-state index contributed by atoms with van der Waals surface area (Å²) in [6.45, 7) is 1.82. The van der Waals surface area contributed by atoms with Crippen molar-refractivity contribution in [1.82, 2.24) is 4.31 Å². The molecule has 2 bridgehead atoms. The molecule has 1 aliphatic carbocycles. The number of nitrogens with zero attached hydrogens (tertiary/aromatic N) is 1. The van der Waals surface area contributed by atoms with Gasteiger partial charge >= 0.3 is 5.97 Å². The third-order valence-corrected chi connectivity index (χ3v) is 10.5. The number of ether oxygens (including phenoxy) is 1.